The van der Waals surface area contributed by atoms with Crippen molar-refractivity contribution in [2.45, 2.75) is 30.6 Å². The first kappa shape index (κ1) is 18.5. The average Bonchev–Trinajstić information content (AvgIpc) is 3.45. The predicted octanol–water partition coefficient (Wildman–Crippen LogP) is 3.38. The molecule has 2 aromatic carbocycles. The summed E-state index contributed by atoms with van der Waals surface area (Å²) < 4.78 is 1.82. The molecular weight excluding hydrogens is 372 g/mol. The molecule has 1 fully saturated rings. The summed E-state index contributed by atoms with van der Waals surface area (Å²) in [5.41, 5.74) is 2.99. The van der Waals surface area contributed by atoms with Crippen molar-refractivity contribution in [3.63, 3.8) is 0 Å². The van der Waals surface area contributed by atoms with E-state index in [0.29, 0.717) is 11.2 Å². The minimum Gasteiger partial charge on any atom is -0.369 e. The highest BCUT2D eigenvalue weighted by molar-refractivity contribution is 7.99. The van der Waals surface area contributed by atoms with Crippen LogP contribution in [0.25, 0.3) is 0 Å². The number of nitrogens with one attached hydrogen (secondary N) is 1. The van der Waals surface area contributed by atoms with Crippen molar-refractivity contribution in [2.75, 3.05) is 23.0 Å². The van der Waals surface area contributed by atoms with Gasteiger partial charge in [-0.05, 0) is 41.0 Å². The van der Waals surface area contributed by atoms with Gasteiger partial charge in [0.25, 0.3) is 0 Å². The molecule has 7 nitrogen and oxygen atoms in total. The van der Waals surface area contributed by atoms with Gasteiger partial charge in [0.05, 0.1) is 23.2 Å². The van der Waals surface area contributed by atoms with Gasteiger partial charge >= 0.3 is 0 Å². The second kappa shape index (κ2) is 8.43. The number of benzene rings is 2. The van der Waals surface area contributed by atoms with Crippen LogP contribution in [0, 0.1) is 0 Å². The molecule has 1 N–H and O–H groups in total. The molecule has 144 valence electrons. The van der Waals surface area contributed by atoms with Crippen LogP contribution in [0.15, 0.2) is 59.8 Å². The zero-order chi connectivity index (χ0) is 19.3. The molecule has 1 aliphatic carbocycles. The van der Waals surface area contributed by atoms with E-state index in [2.05, 4.69) is 37.9 Å². The Morgan fingerprint density at radius 3 is 2.71 bits per heavy atom. The highest BCUT2D eigenvalue weighted by Crippen LogP contribution is 2.36. The highest BCUT2D eigenvalue weighted by Gasteiger charge is 2.28. The number of anilines is 2. The summed E-state index contributed by atoms with van der Waals surface area (Å²) in [6.45, 7) is 0.763. The topological polar surface area (TPSA) is 75.9 Å². The number of para-hydroxylation sites is 2. The lowest BCUT2D eigenvalue weighted by Crippen LogP contribution is -2.21. The average molecular weight is 395 g/mol. The van der Waals surface area contributed by atoms with Crippen LogP contribution in [-0.2, 0) is 11.3 Å². The zero-order valence-corrected chi connectivity index (χ0v) is 16.5. The molecule has 3 aromatic rings. The van der Waals surface area contributed by atoms with Gasteiger partial charge in [-0.1, -0.05) is 54.2 Å². The molecule has 28 heavy (non-hydrogen) atoms. The Kier molecular flexibility index (Phi) is 5.57. The van der Waals surface area contributed by atoms with Gasteiger partial charge in [-0.2, -0.15) is 0 Å². The molecule has 1 saturated carbocycles. The number of hydrogen-bond acceptors (Lipinski definition) is 6. The number of rotatable bonds is 8. The summed E-state index contributed by atoms with van der Waals surface area (Å²) in [6, 6.07) is 18.5. The summed E-state index contributed by atoms with van der Waals surface area (Å²) in [5, 5.41) is 15.5. The number of carbonyl (C=O) groups excluding carboxylic acids is 1. The normalized spacial score (nSPS) is 13.3. The Morgan fingerprint density at radius 1 is 1.18 bits per heavy atom. The van der Waals surface area contributed by atoms with Crippen LogP contribution in [0.5, 0.6) is 0 Å². The lowest BCUT2D eigenvalue weighted by atomic mass is 10.2. The van der Waals surface area contributed by atoms with E-state index >= 15 is 0 Å². The maximum Gasteiger partial charge on any atom is 0.234 e. The molecule has 0 aliphatic heterocycles. The molecule has 0 radical (unpaired) electrons. The quantitative estimate of drug-likeness (QED) is 0.591. The van der Waals surface area contributed by atoms with E-state index < -0.39 is 0 Å². The molecule has 1 aromatic heterocycles. The Labute approximate surface area is 168 Å². The molecular formula is C20H22N6OS. The number of aromatic nitrogens is 4. The van der Waals surface area contributed by atoms with Crippen molar-refractivity contribution in [3.8, 4) is 0 Å². The van der Waals surface area contributed by atoms with Crippen molar-refractivity contribution in [1.29, 1.82) is 0 Å². The van der Waals surface area contributed by atoms with Gasteiger partial charge in [0.15, 0.2) is 0 Å². The number of hydrogen-bond donors (Lipinski definition) is 1. The summed E-state index contributed by atoms with van der Waals surface area (Å²) >= 11 is 1.37. The van der Waals surface area contributed by atoms with Crippen LogP contribution in [0.1, 0.15) is 24.4 Å². The van der Waals surface area contributed by atoms with Gasteiger partial charge in [0.2, 0.25) is 11.1 Å². The van der Waals surface area contributed by atoms with Crippen molar-refractivity contribution >= 4 is 29.0 Å². The van der Waals surface area contributed by atoms with Gasteiger partial charge in [-0.3, -0.25) is 4.79 Å². The van der Waals surface area contributed by atoms with E-state index in [-0.39, 0.29) is 11.7 Å². The van der Waals surface area contributed by atoms with Crippen LogP contribution in [0.3, 0.4) is 0 Å². The van der Waals surface area contributed by atoms with Crippen LogP contribution in [0.2, 0.25) is 0 Å². The van der Waals surface area contributed by atoms with E-state index in [1.165, 1.54) is 17.3 Å². The van der Waals surface area contributed by atoms with Crippen molar-refractivity contribution in [3.05, 3.63) is 60.2 Å². The Morgan fingerprint density at radius 2 is 1.93 bits per heavy atom. The highest BCUT2D eigenvalue weighted by atomic mass is 32.2. The number of nitrogens with zero attached hydrogens (tertiary/aromatic N) is 5. The molecule has 0 spiro atoms. The first-order valence-electron chi connectivity index (χ1n) is 9.25. The molecule has 1 amide bonds. The molecule has 0 atom stereocenters. The third-order valence-corrected chi connectivity index (χ3v) is 5.47. The predicted molar refractivity (Wildman–Crippen MR) is 110 cm³/mol. The number of amides is 1. The van der Waals surface area contributed by atoms with E-state index in [9.17, 15) is 4.79 Å². The fourth-order valence-corrected chi connectivity index (χ4v) is 3.74. The van der Waals surface area contributed by atoms with E-state index in [1.54, 1.807) is 0 Å². The van der Waals surface area contributed by atoms with E-state index in [1.807, 2.05) is 54.2 Å². The second-order valence-corrected chi connectivity index (χ2v) is 7.78. The Hall–Kier alpha value is -2.87. The zero-order valence-electron chi connectivity index (χ0n) is 15.7. The Balaban J connectivity index is 1.38. The molecule has 1 aliphatic rings. The van der Waals surface area contributed by atoms with Crippen molar-refractivity contribution in [1.82, 2.24) is 20.2 Å². The number of carbonyl (C=O) groups is 1. The first-order chi connectivity index (χ1) is 13.7. The Bertz CT molecular complexity index is 941. The fourth-order valence-electron chi connectivity index (χ4n) is 3.00. The molecule has 8 heteroatoms. The van der Waals surface area contributed by atoms with Crippen LogP contribution in [0.4, 0.5) is 11.4 Å². The smallest absolute Gasteiger partial charge is 0.234 e. The van der Waals surface area contributed by atoms with E-state index in [0.717, 1.165) is 30.8 Å². The first-order valence-corrected chi connectivity index (χ1v) is 10.2. The molecule has 4 rings (SSSR count). The van der Waals surface area contributed by atoms with Crippen molar-refractivity contribution in [2.24, 2.45) is 0 Å². The number of tetrazole rings is 1. The van der Waals surface area contributed by atoms with Gasteiger partial charge in [-0.25, -0.2) is 4.68 Å². The van der Waals surface area contributed by atoms with Gasteiger partial charge < -0.3 is 10.2 Å². The minimum atomic E-state index is -0.0732. The van der Waals surface area contributed by atoms with Gasteiger partial charge in [0.1, 0.15) is 0 Å². The van der Waals surface area contributed by atoms with Crippen LogP contribution < -0.4 is 10.2 Å². The fraction of sp³-hybridized carbons (Fsp3) is 0.300. The van der Waals surface area contributed by atoms with E-state index in [4.69, 9.17) is 0 Å². The standard InChI is InChI=1S/C20H22N6OS/c1-25(13-15-7-3-2-4-8-15)18-10-6-5-9-17(18)21-19(27)14-28-20-22-23-24-26(20)16-11-12-16/h2-10,16H,11-14H2,1H3,(H,21,27). The third-order valence-electron chi connectivity index (χ3n) is 4.54. The molecule has 0 unspecified atom stereocenters. The SMILES string of the molecule is CN(Cc1ccccc1)c1ccccc1NC(=O)CSc1nnnn1C1CC1. The number of thioether (sulfide) groups is 1. The molecule has 0 saturated heterocycles. The van der Waals surface area contributed by atoms with Crippen LogP contribution in [-0.4, -0.2) is 38.9 Å². The largest absolute Gasteiger partial charge is 0.369 e. The summed E-state index contributed by atoms with van der Waals surface area (Å²) in [5.74, 6) is 0.194. The maximum absolute atomic E-state index is 12.5. The monoisotopic (exact) mass is 394 g/mol. The van der Waals surface area contributed by atoms with Crippen molar-refractivity contribution < 1.29 is 4.79 Å². The third kappa shape index (κ3) is 4.51. The van der Waals surface area contributed by atoms with Gasteiger partial charge in [0, 0.05) is 13.6 Å². The molecule has 0 bridgehead atoms. The van der Waals surface area contributed by atoms with Crippen LogP contribution >= 0.6 is 11.8 Å². The maximum atomic E-state index is 12.5. The summed E-state index contributed by atoms with van der Waals surface area (Å²) in [7, 11) is 2.02. The summed E-state index contributed by atoms with van der Waals surface area (Å²) in [6.07, 6.45) is 2.21. The molecule has 1 heterocycles. The summed E-state index contributed by atoms with van der Waals surface area (Å²) in [4.78, 5) is 14.6. The minimum absolute atomic E-state index is 0.0732. The lowest BCUT2D eigenvalue weighted by Gasteiger charge is -2.22. The lowest BCUT2D eigenvalue weighted by molar-refractivity contribution is -0.113. The van der Waals surface area contributed by atoms with Gasteiger partial charge in [-0.15, -0.1) is 5.10 Å². The second-order valence-electron chi connectivity index (χ2n) is 6.83.